The molecule has 2 fully saturated rings. The van der Waals surface area contributed by atoms with E-state index in [0.29, 0.717) is 10.9 Å². The fraction of sp³-hybridized carbons (Fsp3) is 0.600. The third-order valence-electron chi connectivity index (χ3n) is 3.92. The largest absolute Gasteiger partial charge is 0.382 e. The molecule has 2 N–H and O–H groups in total. The molecule has 5 nitrogen and oxygen atoms in total. The molecule has 0 aromatic heterocycles. The smallest absolute Gasteiger partial charge is 0.240 e. The highest BCUT2D eigenvalue weighted by Crippen LogP contribution is 2.23. The molecule has 0 bridgehead atoms. The first-order valence-electron chi connectivity index (χ1n) is 7.53. The van der Waals surface area contributed by atoms with Crippen molar-refractivity contribution in [3.8, 4) is 0 Å². The molecule has 1 aliphatic heterocycles. The quantitative estimate of drug-likeness (QED) is 0.874. The normalized spacial score (nSPS) is 26.5. The van der Waals surface area contributed by atoms with Crippen LogP contribution in [0.1, 0.15) is 32.6 Å². The maximum atomic E-state index is 12.1. The zero-order chi connectivity index (χ0) is 14.9. The van der Waals surface area contributed by atoms with Crippen LogP contribution in [0.5, 0.6) is 0 Å². The molecule has 2 unspecified atom stereocenters. The van der Waals surface area contributed by atoms with Crippen molar-refractivity contribution in [3.63, 3.8) is 0 Å². The molecule has 1 aromatic carbocycles. The van der Waals surface area contributed by atoms with Gasteiger partial charge in [0, 0.05) is 24.4 Å². The van der Waals surface area contributed by atoms with E-state index in [2.05, 4.69) is 17.0 Å². The SMILES string of the molecule is CC1CC(Nc2ccc(S(=O)(=O)NC3CC3)cc2)CCO1. The first-order valence-corrected chi connectivity index (χ1v) is 9.02. The topological polar surface area (TPSA) is 67.4 Å². The Morgan fingerprint density at radius 3 is 2.43 bits per heavy atom. The Morgan fingerprint density at radius 1 is 1.10 bits per heavy atom. The first kappa shape index (κ1) is 14.8. The predicted octanol–water partition coefficient (Wildman–Crippen LogP) is 2.11. The van der Waals surface area contributed by atoms with Crippen LogP contribution >= 0.6 is 0 Å². The fourth-order valence-electron chi connectivity index (χ4n) is 2.58. The van der Waals surface area contributed by atoms with Gasteiger partial charge in [-0.2, -0.15) is 0 Å². The van der Waals surface area contributed by atoms with Crippen LogP contribution in [-0.2, 0) is 14.8 Å². The summed E-state index contributed by atoms with van der Waals surface area (Å²) in [5, 5.41) is 3.45. The summed E-state index contributed by atoms with van der Waals surface area (Å²) in [6.07, 6.45) is 4.12. The van der Waals surface area contributed by atoms with Crippen molar-refractivity contribution in [2.75, 3.05) is 11.9 Å². The molecule has 1 aliphatic carbocycles. The number of nitrogens with one attached hydrogen (secondary N) is 2. The Balaban J connectivity index is 1.63. The van der Waals surface area contributed by atoms with Crippen molar-refractivity contribution in [2.24, 2.45) is 0 Å². The molecule has 116 valence electrons. The van der Waals surface area contributed by atoms with Crippen molar-refractivity contribution >= 4 is 15.7 Å². The van der Waals surface area contributed by atoms with Crippen LogP contribution in [0.3, 0.4) is 0 Å². The van der Waals surface area contributed by atoms with Crippen LogP contribution in [0.2, 0.25) is 0 Å². The summed E-state index contributed by atoms with van der Waals surface area (Å²) in [6.45, 7) is 2.85. The number of hydrogen-bond acceptors (Lipinski definition) is 4. The first-order chi connectivity index (χ1) is 10.0. The molecule has 1 heterocycles. The molecule has 3 rings (SSSR count). The van der Waals surface area contributed by atoms with E-state index >= 15 is 0 Å². The summed E-state index contributed by atoms with van der Waals surface area (Å²) in [6, 6.07) is 7.52. The molecule has 2 atom stereocenters. The minimum absolute atomic E-state index is 0.136. The maximum Gasteiger partial charge on any atom is 0.240 e. The molecule has 0 spiro atoms. The Kier molecular flexibility index (Phi) is 4.19. The summed E-state index contributed by atoms with van der Waals surface area (Å²) in [4.78, 5) is 0.334. The second kappa shape index (κ2) is 5.94. The van der Waals surface area contributed by atoms with Crippen LogP contribution in [0.15, 0.2) is 29.2 Å². The van der Waals surface area contributed by atoms with Crippen molar-refractivity contribution in [3.05, 3.63) is 24.3 Å². The van der Waals surface area contributed by atoms with Gasteiger partial charge < -0.3 is 10.1 Å². The highest BCUT2D eigenvalue weighted by Gasteiger charge is 2.28. The Labute approximate surface area is 126 Å². The van der Waals surface area contributed by atoms with E-state index in [-0.39, 0.29) is 12.1 Å². The van der Waals surface area contributed by atoms with E-state index < -0.39 is 10.0 Å². The summed E-state index contributed by atoms with van der Waals surface area (Å²) in [7, 11) is -3.35. The lowest BCUT2D eigenvalue weighted by atomic mass is 10.0. The van der Waals surface area contributed by atoms with E-state index in [0.717, 1.165) is 38.0 Å². The van der Waals surface area contributed by atoms with Gasteiger partial charge in [0.15, 0.2) is 0 Å². The number of rotatable bonds is 5. The van der Waals surface area contributed by atoms with Gasteiger partial charge in [-0.3, -0.25) is 0 Å². The van der Waals surface area contributed by atoms with Crippen molar-refractivity contribution in [1.82, 2.24) is 4.72 Å². The maximum absolute atomic E-state index is 12.1. The lowest BCUT2D eigenvalue weighted by Gasteiger charge is -2.28. The molecular weight excluding hydrogens is 288 g/mol. The van der Waals surface area contributed by atoms with Gasteiger partial charge in [-0.1, -0.05) is 0 Å². The molecule has 2 aliphatic rings. The zero-order valence-corrected chi connectivity index (χ0v) is 13.0. The van der Waals surface area contributed by atoms with E-state index in [1.807, 2.05) is 12.1 Å². The molecule has 0 radical (unpaired) electrons. The summed E-state index contributed by atoms with van der Waals surface area (Å²) < 4.78 is 32.4. The van der Waals surface area contributed by atoms with E-state index in [1.165, 1.54) is 0 Å². The Bertz CT molecular complexity index is 581. The standard InChI is InChI=1S/C15H22N2O3S/c1-11-10-14(8-9-20-11)16-12-4-6-15(7-5-12)21(18,19)17-13-2-3-13/h4-7,11,13-14,16-17H,2-3,8-10H2,1H3. The van der Waals surface area contributed by atoms with Gasteiger partial charge in [-0.15, -0.1) is 0 Å². The molecule has 21 heavy (non-hydrogen) atoms. The minimum atomic E-state index is -3.35. The summed E-state index contributed by atoms with van der Waals surface area (Å²) >= 11 is 0. The van der Waals surface area contributed by atoms with E-state index in [4.69, 9.17) is 4.74 Å². The number of sulfonamides is 1. The number of benzene rings is 1. The third-order valence-corrected chi connectivity index (χ3v) is 5.46. The predicted molar refractivity (Wildman–Crippen MR) is 81.8 cm³/mol. The minimum Gasteiger partial charge on any atom is -0.382 e. The number of hydrogen-bond donors (Lipinski definition) is 2. The summed E-state index contributed by atoms with van der Waals surface area (Å²) in [5.74, 6) is 0. The number of ether oxygens (including phenoxy) is 1. The van der Waals surface area contributed by atoms with E-state index in [1.54, 1.807) is 12.1 Å². The lowest BCUT2D eigenvalue weighted by molar-refractivity contribution is 0.0232. The highest BCUT2D eigenvalue weighted by atomic mass is 32.2. The van der Waals surface area contributed by atoms with Gasteiger partial charge in [0.05, 0.1) is 11.0 Å². The average Bonchev–Trinajstić information content (AvgIpc) is 3.23. The van der Waals surface area contributed by atoms with Gasteiger partial charge in [0.2, 0.25) is 10.0 Å². The fourth-order valence-corrected chi connectivity index (χ4v) is 3.89. The molecule has 1 saturated carbocycles. The molecule has 6 heteroatoms. The van der Waals surface area contributed by atoms with Crippen LogP contribution in [0.4, 0.5) is 5.69 Å². The molecule has 1 aromatic rings. The molecule has 0 amide bonds. The molecule has 1 saturated heterocycles. The van der Waals surface area contributed by atoms with Gasteiger partial charge in [0.25, 0.3) is 0 Å². The zero-order valence-electron chi connectivity index (χ0n) is 12.2. The van der Waals surface area contributed by atoms with Crippen LogP contribution in [0.25, 0.3) is 0 Å². The second-order valence-corrected chi connectivity index (χ2v) is 7.68. The lowest BCUT2D eigenvalue weighted by Crippen LogP contribution is -2.32. The van der Waals surface area contributed by atoms with E-state index in [9.17, 15) is 8.42 Å². The third kappa shape index (κ3) is 3.96. The van der Waals surface area contributed by atoms with Crippen LogP contribution in [0, 0.1) is 0 Å². The second-order valence-electron chi connectivity index (χ2n) is 5.97. The Morgan fingerprint density at radius 2 is 1.81 bits per heavy atom. The van der Waals surface area contributed by atoms with Gasteiger partial charge in [0.1, 0.15) is 0 Å². The number of anilines is 1. The monoisotopic (exact) mass is 310 g/mol. The summed E-state index contributed by atoms with van der Waals surface area (Å²) in [5.41, 5.74) is 0.958. The van der Waals surface area contributed by atoms with Gasteiger partial charge in [-0.05, 0) is 56.9 Å². The van der Waals surface area contributed by atoms with Gasteiger partial charge in [-0.25, -0.2) is 13.1 Å². The average molecular weight is 310 g/mol. The van der Waals surface area contributed by atoms with Crippen LogP contribution < -0.4 is 10.0 Å². The van der Waals surface area contributed by atoms with Crippen molar-refractivity contribution in [1.29, 1.82) is 0 Å². The van der Waals surface area contributed by atoms with Crippen molar-refractivity contribution in [2.45, 2.75) is 55.7 Å². The highest BCUT2D eigenvalue weighted by molar-refractivity contribution is 7.89. The Hall–Kier alpha value is -1.11. The molecular formula is C15H22N2O3S. The van der Waals surface area contributed by atoms with Gasteiger partial charge >= 0.3 is 0 Å². The van der Waals surface area contributed by atoms with Crippen LogP contribution in [-0.4, -0.2) is 33.2 Å². The van der Waals surface area contributed by atoms with Crippen molar-refractivity contribution < 1.29 is 13.2 Å².